The minimum absolute atomic E-state index is 0.0564. The fraction of sp³-hybridized carbons (Fsp3) is 0.300. The molecule has 0 aliphatic carbocycles. The van der Waals surface area contributed by atoms with Crippen molar-refractivity contribution in [1.82, 2.24) is 10.2 Å². The van der Waals surface area contributed by atoms with Crippen LogP contribution in [0.3, 0.4) is 0 Å². The van der Waals surface area contributed by atoms with Crippen LogP contribution in [0.1, 0.15) is 18.9 Å². The minimum atomic E-state index is -0.254. The van der Waals surface area contributed by atoms with Crippen LogP contribution in [-0.4, -0.2) is 29.8 Å². The highest BCUT2D eigenvalue weighted by Gasteiger charge is 2.33. The number of amides is 2. The van der Waals surface area contributed by atoms with Gasteiger partial charge >= 0.3 is 0 Å². The van der Waals surface area contributed by atoms with Crippen molar-refractivity contribution in [3.05, 3.63) is 60.2 Å². The molecule has 25 heavy (non-hydrogen) atoms. The lowest BCUT2D eigenvalue weighted by Crippen LogP contribution is -2.32. The van der Waals surface area contributed by atoms with Crippen LogP contribution in [0.15, 0.2) is 54.6 Å². The molecule has 1 atom stereocenters. The fourth-order valence-electron chi connectivity index (χ4n) is 2.93. The number of benzene rings is 2. The number of likely N-dealkylation sites (tertiary alicyclic amines) is 1. The van der Waals surface area contributed by atoms with Gasteiger partial charge in [0.25, 0.3) is 0 Å². The van der Waals surface area contributed by atoms with Gasteiger partial charge in [0.1, 0.15) is 11.5 Å². The molecule has 0 bridgehead atoms. The summed E-state index contributed by atoms with van der Waals surface area (Å²) in [6.07, 6.45) is 0.302. The Bertz CT molecular complexity index is 746. The Morgan fingerprint density at radius 1 is 1.16 bits per heavy atom. The van der Waals surface area contributed by atoms with Crippen molar-refractivity contribution in [1.29, 1.82) is 0 Å². The van der Waals surface area contributed by atoms with Crippen molar-refractivity contribution < 1.29 is 14.3 Å². The Labute approximate surface area is 147 Å². The molecule has 1 saturated heterocycles. The molecule has 1 fully saturated rings. The molecule has 2 aromatic carbocycles. The van der Waals surface area contributed by atoms with Gasteiger partial charge < -0.3 is 15.0 Å². The molecule has 0 aromatic heterocycles. The third kappa shape index (κ3) is 4.38. The van der Waals surface area contributed by atoms with E-state index in [1.807, 2.05) is 61.5 Å². The minimum Gasteiger partial charge on any atom is -0.457 e. The number of ether oxygens (including phenoxy) is 1. The topological polar surface area (TPSA) is 58.6 Å². The van der Waals surface area contributed by atoms with Gasteiger partial charge in [-0.1, -0.05) is 30.3 Å². The summed E-state index contributed by atoms with van der Waals surface area (Å²) in [5.74, 6) is 1.23. The number of para-hydroxylation sites is 1. The normalized spacial score (nSPS) is 16.8. The molecule has 2 amide bonds. The highest BCUT2D eigenvalue weighted by atomic mass is 16.5. The van der Waals surface area contributed by atoms with Gasteiger partial charge in [-0.3, -0.25) is 9.59 Å². The Kier molecular flexibility index (Phi) is 5.33. The standard InChI is InChI=1S/C20H22N2O3/c1-2-22-14-16(12-19(22)23)20(24)21-13-15-7-6-10-18(11-15)25-17-8-4-3-5-9-17/h3-11,16H,2,12-14H2,1H3,(H,21,24)/t16-/m0/s1. The highest BCUT2D eigenvalue weighted by molar-refractivity contribution is 5.89. The molecular weight excluding hydrogens is 316 g/mol. The summed E-state index contributed by atoms with van der Waals surface area (Å²) < 4.78 is 5.80. The van der Waals surface area contributed by atoms with Crippen LogP contribution in [-0.2, 0) is 16.1 Å². The predicted octanol–water partition coefficient (Wildman–Crippen LogP) is 2.96. The third-order valence-electron chi connectivity index (χ3n) is 4.31. The molecular formula is C20H22N2O3. The zero-order valence-corrected chi connectivity index (χ0v) is 14.3. The average Bonchev–Trinajstić information content (AvgIpc) is 3.02. The van der Waals surface area contributed by atoms with Gasteiger partial charge in [-0.05, 0) is 36.8 Å². The second-order valence-corrected chi connectivity index (χ2v) is 6.11. The molecule has 2 aromatic rings. The number of rotatable bonds is 6. The van der Waals surface area contributed by atoms with E-state index in [1.165, 1.54) is 0 Å². The second-order valence-electron chi connectivity index (χ2n) is 6.11. The number of hydrogen-bond acceptors (Lipinski definition) is 3. The van der Waals surface area contributed by atoms with Crippen LogP contribution >= 0.6 is 0 Å². The second kappa shape index (κ2) is 7.83. The van der Waals surface area contributed by atoms with Crippen LogP contribution in [0.5, 0.6) is 11.5 Å². The van der Waals surface area contributed by atoms with Crippen molar-refractivity contribution in [2.24, 2.45) is 5.92 Å². The Hall–Kier alpha value is -2.82. The van der Waals surface area contributed by atoms with Gasteiger partial charge in [0.05, 0.1) is 5.92 Å². The molecule has 5 nitrogen and oxygen atoms in total. The fourth-order valence-corrected chi connectivity index (χ4v) is 2.93. The number of hydrogen-bond donors (Lipinski definition) is 1. The lowest BCUT2D eigenvalue weighted by molar-refractivity contribution is -0.128. The number of carbonyl (C=O) groups is 2. The van der Waals surface area contributed by atoms with E-state index in [0.717, 1.165) is 17.1 Å². The SMILES string of the molecule is CCN1C[C@@H](C(=O)NCc2cccc(Oc3ccccc3)c2)CC1=O. The summed E-state index contributed by atoms with van der Waals surface area (Å²) in [7, 11) is 0. The number of nitrogens with one attached hydrogen (secondary N) is 1. The maximum Gasteiger partial charge on any atom is 0.225 e. The summed E-state index contributed by atoms with van der Waals surface area (Å²) in [5, 5.41) is 2.92. The van der Waals surface area contributed by atoms with E-state index in [1.54, 1.807) is 4.90 Å². The van der Waals surface area contributed by atoms with Crippen molar-refractivity contribution in [3.63, 3.8) is 0 Å². The van der Waals surface area contributed by atoms with Crippen molar-refractivity contribution in [2.75, 3.05) is 13.1 Å². The molecule has 0 unspecified atom stereocenters. The van der Waals surface area contributed by atoms with Crippen LogP contribution in [0.4, 0.5) is 0 Å². The molecule has 1 heterocycles. The zero-order chi connectivity index (χ0) is 17.6. The quantitative estimate of drug-likeness (QED) is 0.881. The van der Waals surface area contributed by atoms with Crippen LogP contribution in [0, 0.1) is 5.92 Å². The van der Waals surface area contributed by atoms with Crippen LogP contribution in [0.25, 0.3) is 0 Å². The van der Waals surface area contributed by atoms with Gasteiger partial charge in [-0.25, -0.2) is 0 Å². The molecule has 0 saturated carbocycles. The third-order valence-corrected chi connectivity index (χ3v) is 4.31. The van der Waals surface area contributed by atoms with E-state index >= 15 is 0 Å². The molecule has 130 valence electrons. The zero-order valence-electron chi connectivity index (χ0n) is 14.3. The van der Waals surface area contributed by atoms with E-state index in [9.17, 15) is 9.59 Å². The Morgan fingerprint density at radius 3 is 2.64 bits per heavy atom. The first kappa shape index (κ1) is 17.0. The maximum atomic E-state index is 12.3. The van der Waals surface area contributed by atoms with E-state index in [2.05, 4.69) is 5.32 Å². The molecule has 0 radical (unpaired) electrons. The maximum absolute atomic E-state index is 12.3. The van der Waals surface area contributed by atoms with E-state index in [-0.39, 0.29) is 17.7 Å². The lowest BCUT2D eigenvalue weighted by Gasteiger charge is -2.14. The molecule has 1 N–H and O–H groups in total. The number of nitrogens with zero attached hydrogens (tertiary/aromatic N) is 1. The summed E-state index contributed by atoms with van der Waals surface area (Å²) in [6.45, 7) is 3.51. The largest absolute Gasteiger partial charge is 0.457 e. The van der Waals surface area contributed by atoms with Crippen molar-refractivity contribution in [3.8, 4) is 11.5 Å². The first-order chi connectivity index (χ1) is 12.2. The molecule has 3 rings (SSSR count). The van der Waals surface area contributed by atoms with Gasteiger partial charge in [0.2, 0.25) is 11.8 Å². The van der Waals surface area contributed by atoms with Crippen LogP contribution < -0.4 is 10.1 Å². The van der Waals surface area contributed by atoms with Gasteiger partial charge in [-0.15, -0.1) is 0 Å². The first-order valence-electron chi connectivity index (χ1n) is 8.53. The van der Waals surface area contributed by atoms with E-state index in [0.29, 0.717) is 26.1 Å². The Morgan fingerprint density at radius 2 is 1.92 bits per heavy atom. The first-order valence-corrected chi connectivity index (χ1v) is 8.53. The van der Waals surface area contributed by atoms with Crippen molar-refractivity contribution in [2.45, 2.75) is 19.9 Å². The smallest absolute Gasteiger partial charge is 0.225 e. The van der Waals surface area contributed by atoms with E-state index < -0.39 is 0 Å². The van der Waals surface area contributed by atoms with E-state index in [4.69, 9.17) is 4.74 Å². The van der Waals surface area contributed by atoms with Crippen molar-refractivity contribution >= 4 is 11.8 Å². The summed E-state index contributed by atoms with van der Waals surface area (Å²) in [5.41, 5.74) is 0.957. The van der Waals surface area contributed by atoms with Gasteiger partial charge in [0.15, 0.2) is 0 Å². The van der Waals surface area contributed by atoms with Gasteiger partial charge in [-0.2, -0.15) is 0 Å². The predicted molar refractivity (Wildman–Crippen MR) is 95.2 cm³/mol. The summed E-state index contributed by atoms with van der Waals surface area (Å²) >= 11 is 0. The average molecular weight is 338 g/mol. The molecule has 1 aliphatic heterocycles. The monoisotopic (exact) mass is 338 g/mol. The molecule has 5 heteroatoms. The van der Waals surface area contributed by atoms with Gasteiger partial charge in [0, 0.05) is 26.1 Å². The Balaban J connectivity index is 1.56. The highest BCUT2D eigenvalue weighted by Crippen LogP contribution is 2.22. The summed E-state index contributed by atoms with van der Waals surface area (Å²) in [4.78, 5) is 25.7. The number of carbonyl (C=O) groups excluding carboxylic acids is 2. The summed E-state index contributed by atoms with van der Waals surface area (Å²) in [6, 6.07) is 17.2. The lowest BCUT2D eigenvalue weighted by atomic mass is 10.1. The molecule has 1 aliphatic rings. The van der Waals surface area contributed by atoms with Crippen LogP contribution in [0.2, 0.25) is 0 Å². The molecule has 0 spiro atoms.